The Morgan fingerprint density at radius 3 is 1.77 bits per heavy atom. The first-order valence-electron chi connectivity index (χ1n) is 8.86. The van der Waals surface area contributed by atoms with Crippen LogP contribution in [-0.4, -0.2) is 4.98 Å². The van der Waals surface area contributed by atoms with Gasteiger partial charge in [-0.25, -0.2) is 0 Å². The van der Waals surface area contributed by atoms with Crippen molar-refractivity contribution in [2.45, 2.75) is 12.4 Å². The van der Waals surface area contributed by atoms with E-state index in [9.17, 15) is 26.3 Å². The van der Waals surface area contributed by atoms with Crippen LogP contribution in [0.5, 0.6) is 0 Å². The molecule has 0 fully saturated rings. The summed E-state index contributed by atoms with van der Waals surface area (Å²) in [6.45, 7) is 0. The minimum absolute atomic E-state index is 0.123. The van der Waals surface area contributed by atoms with E-state index in [0.717, 1.165) is 22.9 Å². The molecule has 0 radical (unpaired) electrons. The van der Waals surface area contributed by atoms with Crippen molar-refractivity contribution < 1.29 is 26.3 Å². The molecule has 4 aromatic rings. The number of hydrogen-bond acceptors (Lipinski definition) is 1. The molecule has 4 rings (SSSR count). The van der Waals surface area contributed by atoms with Gasteiger partial charge in [-0.1, -0.05) is 42.5 Å². The number of nitrogens with zero attached hydrogens (tertiary/aromatic N) is 1. The molecule has 0 amide bonds. The highest BCUT2D eigenvalue weighted by Gasteiger charge is 2.37. The van der Waals surface area contributed by atoms with Gasteiger partial charge in [-0.05, 0) is 46.8 Å². The second kappa shape index (κ2) is 7.16. The maximum Gasteiger partial charge on any atom is 0.416 e. The third-order valence-electron chi connectivity index (χ3n) is 4.71. The highest BCUT2D eigenvalue weighted by Crippen LogP contribution is 2.39. The largest absolute Gasteiger partial charge is 0.416 e. The molecule has 0 N–H and O–H groups in total. The van der Waals surface area contributed by atoms with Crippen molar-refractivity contribution >= 4 is 10.8 Å². The lowest BCUT2D eigenvalue weighted by atomic mass is 9.97. The third-order valence-corrected chi connectivity index (χ3v) is 4.71. The van der Waals surface area contributed by atoms with Gasteiger partial charge in [0.05, 0.1) is 16.8 Å². The molecule has 152 valence electrons. The number of pyridine rings is 1. The first-order valence-corrected chi connectivity index (χ1v) is 8.86. The highest BCUT2D eigenvalue weighted by atomic mass is 19.4. The van der Waals surface area contributed by atoms with Gasteiger partial charge < -0.3 is 0 Å². The molecule has 1 heterocycles. The molecule has 3 aromatic carbocycles. The van der Waals surface area contributed by atoms with Crippen LogP contribution in [0.4, 0.5) is 26.3 Å². The SMILES string of the molecule is FC(F)(F)c1cc(-c2cccc(-c3cc4ccccc4cn3)c2)cc(C(F)(F)F)c1. The maximum atomic E-state index is 13.2. The van der Waals surface area contributed by atoms with Crippen LogP contribution in [0.15, 0.2) is 79.0 Å². The molecular formula is C23H13F6N. The van der Waals surface area contributed by atoms with E-state index in [4.69, 9.17) is 0 Å². The number of alkyl halides is 6. The van der Waals surface area contributed by atoms with Crippen molar-refractivity contribution in [2.75, 3.05) is 0 Å². The normalized spacial score (nSPS) is 12.3. The van der Waals surface area contributed by atoms with E-state index in [1.54, 1.807) is 18.3 Å². The summed E-state index contributed by atoms with van der Waals surface area (Å²) >= 11 is 0. The summed E-state index contributed by atoms with van der Waals surface area (Å²) in [6, 6.07) is 17.2. The Bertz CT molecular complexity index is 1190. The molecule has 0 aliphatic rings. The van der Waals surface area contributed by atoms with Crippen LogP contribution >= 0.6 is 0 Å². The summed E-state index contributed by atoms with van der Waals surface area (Å²) in [5.74, 6) is 0. The molecule has 1 nitrogen and oxygen atoms in total. The van der Waals surface area contributed by atoms with Crippen molar-refractivity contribution in [3.05, 3.63) is 90.1 Å². The first-order chi connectivity index (χ1) is 14.1. The summed E-state index contributed by atoms with van der Waals surface area (Å²) < 4.78 is 79.0. The molecule has 0 spiro atoms. The van der Waals surface area contributed by atoms with Crippen molar-refractivity contribution in [3.8, 4) is 22.4 Å². The quantitative estimate of drug-likeness (QED) is 0.306. The zero-order valence-corrected chi connectivity index (χ0v) is 15.2. The first kappa shape index (κ1) is 19.9. The van der Waals surface area contributed by atoms with Crippen molar-refractivity contribution in [3.63, 3.8) is 0 Å². The Morgan fingerprint density at radius 2 is 1.13 bits per heavy atom. The second-order valence-electron chi connectivity index (χ2n) is 6.79. The summed E-state index contributed by atoms with van der Waals surface area (Å²) in [7, 11) is 0. The molecule has 0 unspecified atom stereocenters. The minimum Gasteiger partial charge on any atom is -0.256 e. The Morgan fingerprint density at radius 1 is 0.533 bits per heavy atom. The van der Waals surface area contributed by atoms with Crippen LogP contribution in [0.1, 0.15) is 11.1 Å². The fourth-order valence-corrected chi connectivity index (χ4v) is 3.22. The number of aromatic nitrogens is 1. The lowest BCUT2D eigenvalue weighted by molar-refractivity contribution is -0.143. The van der Waals surface area contributed by atoms with Crippen LogP contribution in [-0.2, 0) is 12.4 Å². The van der Waals surface area contributed by atoms with E-state index in [0.29, 0.717) is 11.3 Å². The van der Waals surface area contributed by atoms with Crippen molar-refractivity contribution in [1.82, 2.24) is 4.98 Å². The Hall–Kier alpha value is -3.35. The monoisotopic (exact) mass is 417 g/mol. The molecule has 7 heteroatoms. The molecule has 0 saturated carbocycles. The van der Waals surface area contributed by atoms with E-state index in [-0.39, 0.29) is 17.2 Å². The molecule has 0 aliphatic carbocycles. The van der Waals surface area contributed by atoms with Gasteiger partial charge in [0.15, 0.2) is 0 Å². The number of fused-ring (bicyclic) bond motifs is 1. The summed E-state index contributed by atoms with van der Waals surface area (Å²) in [5.41, 5.74) is -1.47. The molecule has 0 bridgehead atoms. The number of halogens is 6. The van der Waals surface area contributed by atoms with Gasteiger partial charge in [0.2, 0.25) is 0 Å². The average molecular weight is 417 g/mol. The van der Waals surface area contributed by atoms with Gasteiger partial charge in [-0.2, -0.15) is 26.3 Å². The third kappa shape index (κ3) is 4.01. The van der Waals surface area contributed by atoms with E-state index >= 15 is 0 Å². The number of rotatable bonds is 2. The van der Waals surface area contributed by atoms with Gasteiger partial charge >= 0.3 is 12.4 Å². The maximum absolute atomic E-state index is 13.2. The van der Waals surface area contributed by atoms with Crippen molar-refractivity contribution in [2.24, 2.45) is 0 Å². The Kier molecular flexibility index (Phi) is 4.76. The fraction of sp³-hybridized carbons (Fsp3) is 0.0870. The summed E-state index contributed by atoms with van der Waals surface area (Å²) in [4.78, 5) is 4.37. The minimum atomic E-state index is -4.90. The fourth-order valence-electron chi connectivity index (χ4n) is 3.22. The summed E-state index contributed by atoms with van der Waals surface area (Å²) in [5, 5.41) is 1.84. The number of benzene rings is 3. The molecule has 0 saturated heterocycles. The van der Waals surface area contributed by atoms with E-state index in [1.165, 1.54) is 12.1 Å². The highest BCUT2D eigenvalue weighted by molar-refractivity contribution is 5.85. The zero-order valence-electron chi connectivity index (χ0n) is 15.2. The topological polar surface area (TPSA) is 12.9 Å². The van der Waals surface area contributed by atoms with E-state index in [2.05, 4.69) is 4.98 Å². The van der Waals surface area contributed by atoms with Crippen LogP contribution in [0.3, 0.4) is 0 Å². The second-order valence-corrected chi connectivity index (χ2v) is 6.79. The summed E-state index contributed by atoms with van der Waals surface area (Å²) in [6.07, 6.45) is -8.12. The zero-order chi connectivity index (χ0) is 21.5. The van der Waals surface area contributed by atoms with Gasteiger partial charge in [-0.15, -0.1) is 0 Å². The standard InChI is InChI=1S/C23H13F6N/c24-22(25,26)19-9-18(10-20(12-19)23(27,28)29)14-6-3-7-16(8-14)21-11-15-4-1-2-5-17(15)13-30-21/h1-13H. The number of hydrogen-bond donors (Lipinski definition) is 0. The molecular weight excluding hydrogens is 404 g/mol. The van der Waals surface area contributed by atoms with Gasteiger partial charge in [0.25, 0.3) is 0 Å². The smallest absolute Gasteiger partial charge is 0.256 e. The van der Waals surface area contributed by atoms with Crippen LogP contribution in [0.25, 0.3) is 33.2 Å². The Balaban J connectivity index is 1.83. The van der Waals surface area contributed by atoms with Crippen LogP contribution in [0, 0.1) is 0 Å². The lowest BCUT2D eigenvalue weighted by Gasteiger charge is -2.15. The Labute approximate surface area is 167 Å². The van der Waals surface area contributed by atoms with Gasteiger partial charge in [-0.3, -0.25) is 4.98 Å². The molecule has 30 heavy (non-hydrogen) atoms. The van der Waals surface area contributed by atoms with Crippen molar-refractivity contribution in [1.29, 1.82) is 0 Å². The van der Waals surface area contributed by atoms with E-state index in [1.807, 2.05) is 30.3 Å². The van der Waals surface area contributed by atoms with Gasteiger partial charge in [0.1, 0.15) is 0 Å². The van der Waals surface area contributed by atoms with E-state index < -0.39 is 23.5 Å². The van der Waals surface area contributed by atoms with Gasteiger partial charge in [0, 0.05) is 17.1 Å². The molecule has 1 aromatic heterocycles. The van der Waals surface area contributed by atoms with Crippen LogP contribution in [0.2, 0.25) is 0 Å². The predicted octanol–water partition coefficient (Wildman–Crippen LogP) is 7.61. The van der Waals surface area contributed by atoms with Crippen LogP contribution < -0.4 is 0 Å². The average Bonchev–Trinajstić information content (AvgIpc) is 2.72. The molecule has 0 aliphatic heterocycles. The predicted molar refractivity (Wildman–Crippen MR) is 103 cm³/mol. The lowest BCUT2D eigenvalue weighted by Crippen LogP contribution is -2.11. The molecule has 0 atom stereocenters.